The number of piperidine rings is 1. The summed E-state index contributed by atoms with van der Waals surface area (Å²) in [6, 6.07) is 0.710. The second-order valence-electron chi connectivity index (χ2n) is 8.40. The van der Waals surface area contributed by atoms with Gasteiger partial charge in [-0.1, -0.05) is 20.3 Å². The second-order valence-corrected chi connectivity index (χ2v) is 10.7. The number of nitrogens with one attached hydrogen (secondary N) is 2. The maximum Gasteiger partial charge on any atom is 0.191 e. The van der Waals surface area contributed by atoms with Gasteiger partial charge in [-0.05, 0) is 51.5 Å². The van der Waals surface area contributed by atoms with Crippen LogP contribution in [-0.4, -0.2) is 70.1 Å². The summed E-state index contributed by atoms with van der Waals surface area (Å²) < 4.78 is 22.8. The van der Waals surface area contributed by atoms with Crippen molar-refractivity contribution in [2.45, 2.75) is 65.8 Å². The monoisotopic (exact) mass is 516 g/mol. The van der Waals surface area contributed by atoms with Crippen molar-refractivity contribution in [3.05, 3.63) is 0 Å². The Balaban J connectivity index is 0.00000676. The Morgan fingerprint density at radius 1 is 1.26 bits per heavy atom. The largest absolute Gasteiger partial charge is 0.357 e. The first kappa shape index (κ1) is 26.9. The molecule has 0 aliphatic carbocycles. The molecule has 0 bridgehead atoms. The van der Waals surface area contributed by atoms with Crippen molar-refractivity contribution in [2.24, 2.45) is 10.4 Å². The van der Waals surface area contributed by atoms with E-state index in [2.05, 4.69) is 48.2 Å². The van der Waals surface area contributed by atoms with Crippen LogP contribution in [0.1, 0.15) is 59.8 Å². The molecule has 1 saturated heterocycles. The van der Waals surface area contributed by atoms with Gasteiger partial charge in [-0.2, -0.15) is 0 Å². The summed E-state index contributed by atoms with van der Waals surface area (Å²) in [6.07, 6.45) is 7.03. The quantitative estimate of drug-likeness (QED) is 0.202. The minimum absolute atomic E-state index is 0. The fourth-order valence-electron chi connectivity index (χ4n) is 3.15. The van der Waals surface area contributed by atoms with Gasteiger partial charge in [0.2, 0.25) is 0 Å². The van der Waals surface area contributed by atoms with Gasteiger partial charge in [0, 0.05) is 38.5 Å². The normalized spacial score (nSPS) is 19.4. The third-order valence-electron chi connectivity index (χ3n) is 5.01. The third-order valence-corrected chi connectivity index (χ3v) is 5.96. The van der Waals surface area contributed by atoms with Crippen LogP contribution >= 0.6 is 24.0 Å². The van der Waals surface area contributed by atoms with Crippen molar-refractivity contribution in [3.8, 4) is 0 Å². The topological polar surface area (TPSA) is 73.8 Å². The number of likely N-dealkylation sites (tertiary alicyclic amines) is 1. The molecular weight excluding hydrogens is 475 g/mol. The highest BCUT2D eigenvalue weighted by atomic mass is 127. The molecule has 0 spiro atoms. The Hall–Kier alpha value is -0.0900. The Morgan fingerprint density at radius 2 is 1.96 bits per heavy atom. The summed E-state index contributed by atoms with van der Waals surface area (Å²) >= 11 is 0. The summed E-state index contributed by atoms with van der Waals surface area (Å²) in [5.74, 6) is 1.04. The molecule has 1 fully saturated rings. The van der Waals surface area contributed by atoms with Crippen LogP contribution in [0.3, 0.4) is 0 Å². The minimum atomic E-state index is -2.92. The molecule has 0 radical (unpaired) electrons. The summed E-state index contributed by atoms with van der Waals surface area (Å²) in [7, 11) is -2.92. The predicted octanol–water partition coefficient (Wildman–Crippen LogP) is 2.88. The Labute approximate surface area is 184 Å². The lowest BCUT2D eigenvalue weighted by Crippen LogP contribution is -2.41. The molecule has 1 unspecified atom stereocenters. The highest BCUT2D eigenvalue weighted by Gasteiger charge is 2.20. The summed E-state index contributed by atoms with van der Waals surface area (Å²) in [5.41, 5.74) is -0.130. The number of guanidine groups is 1. The first-order chi connectivity index (χ1) is 12.1. The number of hydrogen-bond donors (Lipinski definition) is 2. The van der Waals surface area contributed by atoms with E-state index in [4.69, 9.17) is 0 Å². The van der Waals surface area contributed by atoms with E-state index in [1.165, 1.54) is 32.1 Å². The maximum atomic E-state index is 11.4. The highest BCUT2D eigenvalue weighted by Crippen LogP contribution is 2.21. The molecule has 27 heavy (non-hydrogen) atoms. The molecule has 6 nitrogen and oxygen atoms in total. The van der Waals surface area contributed by atoms with Gasteiger partial charge >= 0.3 is 0 Å². The molecule has 0 aromatic heterocycles. The van der Waals surface area contributed by atoms with Crippen molar-refractivity contribution >= 4 is 39.8 Å². The van der Waals surface area contributed by atoms with Crippen LogP contribution in [0.5, 0.6) is 0 Å². The van der Waals surface area contributed by atoms with E-state index in [1.54, 1.807) is 0 Å². The van der Waals surface area contributed by atoms with Gasteiger partial charge in [0.25, 0.3) is 0 Å². The zero-order valence-electron chi connectivity index (χ0n) is 17.9. The van der Waals surface area contributed by atoms with Gasteiger partial charge in [0.15, 0.2) is 5.96 Å². The van der Waals surface area contributed by atoms with Crippen LogP contribution < -0.4 is 10.6 Å². The lowest BCUT2D eigenvalue weighted by Gasteiger charge is -2.33. The molecular formula is C19H41IN4O2S. The lowest BCUT2D eigenvalue weighted by atomic mass is 9.90. The molecule has 0 saturated carbocycles. The number of aliphatic imine (C=N–C) groups is 1. The SMILES string of the molecule is CCNC(=NCC(C)(C)CCS(C)(=O)=O)NCCCN1CCCCC1C.I. The number of rotatable bonds is 10. The van der Waals surface area contributed by atoms with Crippen LogP contribution in [0.15, 0.2) is 4.99 Å². The second kappa shape index (κ2) is 13.2. The van der Waals surface area contributed by atoms with Gasteiger partial charge in [0.1, 0.15) is 9.84 Å². The summed E-state index contributed by atoms with van der Waals surface area (Å²) in [5, 5.41) is 6.70. The van der Waals surface area contributed by atoms with Crippen LogP contribution in [0, 0.1) is 5.41 Å². The van der Waals surface area contributed by atoms with Crippen molar-refractivity contribution in [1.29, 1.82) is 0 Å². The molecule has 2 N–H and O–H groups in total. The first-order valence-corrected chi connectivity index (χ1v) is 12.1. The van der Waals surface area contributed by atoms with Gasteiger partial charge in [0.05, 0.1) is 5.75 Å². The van der Waals surface area contributed by atoms with Gasteiger partial charge in [-0.3, -0.25) is 4.99 Å². The number of nitrogens with zero attached hydrogens (tertiary/aromatic N) is 2. The van der Waals surface area contributed by atoms with Gasteiger partial charge in [-0.25, -0.2) is 8.42 Å². The van der Waals surface area contributed by atoms with E-state index in [1.807, 2.05) is 0 Å². The summed E-state index contributed by atoms with van der Waals surface area (Å²) in [6.45, 7) is 13.2. The number of halogens is 1. The van der Waals surface area contributed by atoms with Crippen LogP contribution in [0.2, 0.25) is 0 Å². The van der Waals surface area contributed by atoms with E-state index in [0.717, 1.165) is 32.0 Å². The molecule has 162 valence electrons. The average Bonchev–Trinajstić information content (AvgIpc) is 2.56. The molecule has 0 aromatic rings. The molecule has 1 aliphatic heterocycles. The van der Waals surface area contributed by atoms with Crippen molar-refractivity contribution in [3.63, 3.8) is 0 Å². The molecule has 1 atom stereocenters. The Kier molecular flexibility index (Phi) is 13.1. The molecule has 0 amide bonds. The zero-order valence-corrected chi connectivity index (χ0v) is 21.0. The molecule has 0 aromatic carbocycles. The van der Waals surface area contributed by atoms with Crippen LogP contribution in [0.4, 0.5) is 0 Å². The fraction of sp³-hybridized carbons (Fsp3) is 0.947. The van der Waals surface area contributed by atoms with E-state index in [9.17, 15) is 8.42 Å². The lowest BCUT2D eigenvalue weighted by molar-refractivity contribution is 0.159. The molecule has 8 heteroatoms. The van der Waals surface area contributed by atoms with E-state index < -0.39 is 9.84 Å². The van der Waals surface area contributed by atoms with Crippen LogP contribution in [0.25, 0.3) is 0 Å². The van der Waals surface area contributed by atoms with Crippen molar-refractivity contribution < 1.29 is 8.42 Å². The predicted molar refractivity (Wildman–Crippen MR) is 127 cm³/mol. The van der Waals surface area contributed by atoms with E-state index in [0.29, 0.717) is 19.0 Å². The van der Waals surface area contributed by atoms with Gasteiger partial charge < -0.3 is 15.5 Å². The highest BCUT2D eigenvalue weighted by molar-refractivity contribution is 14.0. The molecule has 1 heterocycles. The maximum absolute atomic E-state index is 11.4. The number of hydrogen-bond acceptors (Lipinski definition) is 4. The smallest absolute Gasteiger partial charge is 0.191 e. The Morgan fingerprint density at radius 3 is 2.56 bits per heavy atom. The first-order valence-electron chi connectivity index (χ1n) is 10.1. The van der Waals surface area contributed by atoms with E-state index in [-0.39, 0.29) is 35.1 Å². The standard InChI is InChI=1S/C19H40N4O2S.HI/c1-6-20-18(22-16-19(3,4)11-15-26(5,24)25)21-12-9-14-23-13-8-7-10-17(23)2;/h17H,6-16H2,1-5H3,(H2,20,21,22);1H. The summed E-state index contributed by atoms with van der Waals surface area (Å²) in [4.78, 5) is 7.26. The number of sulfone groups is 1. The van der Waals surface area contributed by atoms with Gasteiger partial charge in [-0.15, -0.1) is 24.0 Å². The van der Waals surface area contributed by atoms with E-state index >= 15 is 0 Å². The van der Waals surface area contributed by atoms with Crippen molar-refractivity contribution in [2.75, 3.05) is 44.7 Å². The van der Waals surface area contributed by atoms with Crippen LogP contribution in [-0.2, 0) is 9.84 Å². The van der Waals surface area contributed by atoms with Crippen molar-refractivity contribution in [1.82, 2.24) is 15.5 Å². The Bertz CT molecular complexity index is 538. The third kappa shape index (κ3) is 12.9. The molecule has 1 aliphatic rings. The average molecular weight is 517 g/mol. The zero-order chi connectivity index (χ0) is 19.6. The fourth-order valence-corrected chi connectivity index (χ4v) is 4.08. The molecule has 1 rings (SSSR count). The minimum Gasteiger partial charge on any atom is -0.357 e.